The minimum absolute atomic E-state index is 0.195. The third-order valence-electron chi connectivity index (χ3n) is 4.74. The van der Waals surface area contributed by atoms with Crippen molar-refractivity contribution >= 4 is 22.6 Å². The number of anilines is 1. The number of hydrogen-bond donors (Lipinski definition) is 1. The molecule has 9 nitrogen and oxygen atoms in total. The molecule has 0 bridgehead atoms. The van der Waals surface area contributed by atoms with Crippen LogP contribution in [0.15, 0.2) is 40.1 Å². The first-order valence-electron chi connectivity index (χ1n) is 9.51. The number of carbonyl (C=O) groups excluding carboxylic acids is 1. The molecule has 3 rings (SSSR count). The first-order chi connectivity index (χ1) is 14.4. The van der Waals surface area contributed by atoms with E-state index in [1.807, 2.05) is 6.92 Å². The van der Waals surface area contributed by atoms with Crippen LogP contribution in [0.2, 0.25) is 0 Å². The van der Waals surface area contributed by atoms with Gasteiger partial charge in [-0.25, -0.2) is 9.78 Å². The number of rotatable bonds is 7. The smallest absolute Gasteiger partial charge is 0.332 e. The molecule has 0 saturated heterocycles. The average Bonchev–Trinajstić information content (AvgIpc) is 2.76. The maximum Gasteiger partial charge on any atom is 0.332 e. The van der Waals surface area contributed by atoms with E-state index in [0.717, 1.165) is 16.6 Å². The summed E-state index contributed by atoms with van der Waals surface area (Å²) in [6.45, 7) is 1.73. The van der Waals surface area contributed by atoms with Gasteiger partial charge in [-0.05, 0) is 24.1 Å². The number of fused-ring (bicyclic) bond motifs is 1. The van der Waals surface area contributed by atoms with Gasteiger partial charge in [0.25, 0.3) is 11.5 Å². The summed E-state index contributed by atoms with van der Waals surface area (Å²) in [5.41, 5.74) is 0.296. The van der Waals surface area contributed by atoms with E-state index in [-0.39, 0.29) is 17.6 Å². The van der Waals surface area contributed by atoms with Crippen molar-refractivity contribution in [3.8, 4) is 11.5 Å². The van der Waals surface area contributed by atoms with Gasteiger partial charge in [-0.2, -0.15) is 0 Å². The third-order valence-corrected chi connectivity index (χ3v) is 4.74. The molecule has 1 aromatic carbocycles. The minimum Gasteiger partial charge on any atom is -0.497 e. The molecule has 0 atom stereocenters. The van der Waals surface area contributed by atoms with E-state index in [9.17, 15) is 14.4 Å². The lowest BCUT2D eigenvalue weighted by Gasteiger charge is -2.15. The first-order valence-corrected chi connectivity index (χ1v) is 9.51. The van der Waals surface area contributed by atoms with E-state index in [1.54, 1.807) is 37.6 Å². The number of hydrogen-bond acceptors (Lipinski definition) is 6. The van der Waals surface area contributed by atoms with E-state index in [0.29, 0.717) is 23.6 Å². The Morgan fingerprint density at radius 1 is 1.17 bits per heavy atom. The van der Waals surface area contributed by atoms with Crippen LogP contribution in [0.5, 0.6) is 11.5 Å². The summed E-state index contributed by atoms with van der Waals surface area (Å²) in [5, 5.41) is 2.98. The average molecular weight is 412 g/mol. The molecule has 2 heterocycles. The molecule has 0 aliphatic heterocycles. The van der Waals surface area contributed by atoms with Crippen LogP contribution in [-0.4, -0.2) is 33.7 Å². The number of nitrogens with zero attached hydrogens (tertiary/aromatic N) is 3. The number of ether oxygens (including phenoxy) is 2. The predicted octanol–water partition coefficient (Wildman–Crippen LogP) is 1.61. The van der Waals surface area contributed by atoms with Crippen LogP contribution in [0, 0.1) is 0 Å². The van der Waals surface area contributed by atoms with Crippen molar-refractivity contribution in [3.63, 3.8) is 0 Å². The molecule has 30 heavy (non-hydrogen) atoms. The van der Waals surface area contributed by atoms with Gasteiger partial charge in [-0.1, -0.05) is 19.4 Å². The highest BCUT2D eigenvalue weighted by atomic mass is 16.5. The summed E-state index contributed by atoms with van der Waals surface area (Å²) >= 11 is 0. The maximum absolute atomic E-state index is 12.8. The Morgan fingerprint density at radius 2 is 1.90 bits per heavy atom. The standard InChI is InChI=1S/C21H24N4O5/c1-5-7-13-11-22-19-17(20(27)25(3)21(28)24(19)2)18(13)23-16(26)12-30-15-9-6-8-14(10-15)29-4/h6,8-11H,5,7,12H2,1-4H3,(H,22,23,26). The van der Waals surface area contributed by atoms with Crippen molar-refractivity contribution in [1.82, 2.24) is 14.1 Å². The van der Waals surface area contributed by atoms with Crippen LogP contribution < -0.4 is 26.0 Å². The Bertz CT molecular complexity index is 1210. The molecular formula is C21H24N4O5. The Kier molecular flexibility index (Phi) is 6.20. The van der Waals surface area contributed by atoms with Gasteiger partial charge in [0.2, 0.25) is 0 Å². The van der Waals surface area contributed by atoms with E-state index < -0.39 is 17.2 Å². The fraction of sp³-hybridized carbons (Fsp3) is 0.333. The van der Waals surface area contributed by atoms with Crippen LogP contribution >= 0.6 is 0 Å². The summed E-state index contributed by atoms with van der Waals surface area (Å²) < 4.78 is 13.0. The van der Waals surface area contributed by atoms with Gasteiger partial charge in [0, 0.05) is 26.4 Å². The zero-order valence-corrected chi connectivity index (χ0v) is 17.4. The van der Waals surface area contributed by atoms with E-state index in [1.165, 1.54) is 18.7 Å². The highest BCUT2D eigenvalue weighted by molar-refractivity contribution is 6.01. The minimum atomic E-state index is -0.512. The van der Waals surface area contributed by atoms with Gasteiger partial charge in [0.15, 0.2) is 12.3 Å². The topological polar surface area (TPSA) is 104 Å². The quantitative estimate of drug-likeness (QED) is 0.632. The Morgan fingerprint density at radius 3 is 2.60 bits per heavy atom. The SMILES string of the molecule is CCCc1cnc2c(c1NC(=O)COc1cccc(OC)c1)c(=O)n(C)c(=O)n2C. The zero-order valence-electron chi connectivity index (χ0n) is 17.4. The molecule has 0 aliphatic carbocycles. The van der Waals surface area contributed by atoms with E-state index >= 15 is 0 Å². The summed E-state index contributed by atoms with van der Waals surface area (Å²) in [7, 11) is 4.48. The van der Waals surface area contributed by atoms with Crippen LogP contribution in [0.4, 0.5) is 5.69 Å². The van der Waals surface area contributed by atoms with Crippen molar-refractivity contribution in [2.45, 2.75) is 19.8 Å². The molecule has 0 spiro atoms. The van der Waals surface area contributed by atoms with E-state index in [2.05, 4.69) is 10.3 Å². The molecule has 1 N–H and O–H groups in total. The maximum atomic E-state index is 12.8. The number of benzene rings is 1. The van der Waals surface area contributed by atoms with Gasteiger partial charge in [0.05, 0.1) is 12.8 Å². The summed E-state index contributed by atoms with van der Waals surface area (Å²) in [4.78, 5) is 42.0. The summed E-state index contributed by atoms with van der Waals surface area (Å²) in [6.07, 6.45) is 2.99. The number of aryl methyl sites for hydroxylation is 2. The second-order valence-corrected chi connectivity index (χ2v) is 6.83. The molecule has 158 valence electrons. The number of nitrogens with one attached hydrogen (secondary N) is 1. The zero-order chi connectivity index (χ0) is 21.8. The van der Waals surface area contributed by atoms with Gasteiger partial charge < -0.3 is 14.8 Å². The summed E-state index contributed by atoms with van der Waals surface area (Å²) in [5.74, 6) is 0.664. The first kappa shape index (κ1) is 21.1. The lowest BCUT2D eigenvalue weighted by atomic mass is 10.1. The Hall–Kier alpha value is -3.62. The molecule has 0 unspecified atom stereocenters. The van der Waals surface area contributed by atoms with Crippen LogP contribution in [0.25, 0.3) is 11.0 Å². The van der Waals surface area contributed by atoms with Crippen LogP contribution in [-0.2, 0) is 25.3 Å². The molecule has 3 aromatic rings. The molecule has 1 amide bonds. The Balaban J connectivity index is 1.97. The van der Waals surface area contributed by atoms with Crippen LogP contribution in [0.1, 0.15) is 18.9 Å². The number of aromatic nitrogens is 3. The Labute approximate surface area is 172 Å². The fourth-order valence-electron chi connectivity index (χ4n) is 3.18. The second kappa shape index (κ2) is 8.81. The molecule has 9 heteroatoms. The molecule has 0 aliphatic rings. The monoisotopic (exact) mass is 412 g/mol. The van der Waals surface area contributed by atoms with Gasteiger partial charge in [-0.15, -0.1) is 0 Å². The van der Waals surface area contributed by atoms with Crippen molar-refractivity contribution in [2.24, 2.45) is 14.1 Å². The molecule has 0 saturated carbocycles. The van der Waals surface area contributed by atoms with Gasteiger partial charge in [-0.3, -0.25) is 18.7 Å². The lowest BCUT2D eigenvalue weighted by molar-refractivity contribution is -0.118. The third kappa shape index (κ3) is 4.05. The second-order valence-electron chi connectivity index (χ2n) is 6.83. The predicted molar refractivity (Wildman–Crippen MR) is 113 cm³/mol. The number of pyridine rings is 1. The largest absolute Gasteiger partial charge is 0.497 e. The summed E-state index contributed by atoms with van der Waals surface area (Å²) in [6, 6.07) is 6.91. The highest BCUT2D eigenvalue weighted by Crippen LogP contribution is 2.24. The number of amides is 1. The normalized spacial score (nSPS) is 10.8. The molecule has 0 fully saturated rings. The van der Waals surface area contributed by atoms with Crippen LogP contribution in [0.3, 0.4) is 0 Å². The molecule has 2 aromatic heterocycles. The van der Waals surface area contributed by atoms with E-state index in [4.69, 9.17) is 9.47 Å². The molecule has 0 radical (unpaired) electrons. The molecular weight excluding hydrogens is 388 g/mol. The fourth-order valence-corrected chi connectivity index (χ4v) is 3.18. The number of methoxy groups -OCH3 is 1. The number of carbonyl (C=O) groups is 1. The lowest BCUT2D eigenvalue weighted by Crippen LogP contribution is -2.38. The van der Waals surface area contributed by atoms with Crippen molar-refractivity contribution in [2.75, 3.05) is 19.0 Å². The van der Waals surface area contributed by atoms with Crippen molar-refractivity contribution < 1.29 is 14.3 Å². The highest BCUT2D eigenvalue weighted by Gasteiger charge is 2.19. The van der Waals surface area contributed by atoms with Gasteiger partial charge >= 0.3 is 5.69 Å². The van der Waals surface area contributed by atoms with Crippen molar-refractivity contribution in [1.29, 1.82) is 0 Å². The van der Waals surface area contributed by atoms with Crippen molar-refractivity contribution in [3.05, 3.63) is 56.9 Å². The van der Waals surface area contributed by atoms with Gasteiger partial charge in [0.1, 0.15) is 16.9 Å².